The van der Waals surface area contributed by atoms with E-state index in [1.54, 1.807) is 0 Å². The van der Waals surface area contributed by atoms with E-state index in [1.807, 2.05) is 18.2 Å². The Hall–Kier alpha value is -2.74. The number of rotatable bonds is 7. The molecule has 134 valence electrons. The Kier molecular flexibility index (Phi) is 4.66. The number of hydrogen-bond donors (Lipinski definition) is 3. The summed E-state index contributed by atoms with van der Waals surface area (Å²) in [7, 11) is 0. The molecule has 0 saturated heterocycles. The van der Waals surface area contributed by atoms with Crippen LogP contribution in [0.3, 0.4) is 0 Å². The van der Waals surface area contributed by atoms with E-state index in [0.717, 1.165) is 30.4 Å². The zero-order valence-electron chi connectivity index (χ0n) is 14.1. The number of aromatic amines is 1. The third-order valence-electron chi connectivity index (χ3n) is 4.26. The predicted molar refractivity (Wildman–Crippen MR) is 101 cm³/mol. The van der Waals surface area contributed by atoms with Gasteiger partial charge in [0, 0.05) is 12.3 Å². The Morgan fingerprint density at radius 3 is 2.77 bits per heavy atom. The van der Waals surface area contributed by atoms with Gasteiger partial charge in [0.25, 0.3) is 0 Å². The molecule has 3 aromatic rings. The number of nitrogens with one attached hydrogen (secondary N) is 3. The van der Waals surface area contributed by atoms with Crippen molar-refractivity contribution >= 4 is 44.4 Å². The van der Waals surface area contributed by atoms with Gasteiger partial charge in [0.15, 0.2) is 16.6 Å². The van der Waals surface area contributed by atoms with Gasteiger partial charge in [-0.15, -0.1) is 0 Å². The molecule has 1 saturated carbocycles. The number of thiazole rings is 1. The van der Waals surface area contributed by atoms with Crippen LogP contribution >= 0.6 is 11.3 Å². The molecule has 1 fully saturated rings. The normalized spacial score (nSPS) is 13.7. The summed E-state index contributed by atoms with van der Waals surface area (Å²) < 4.78 is 0.743. The van der Waals surface area contributed by atoms with E-state index < -0.39 is 0 Å². The van der Waals surface area contributed by atoms with Crippen LogP contribution in [0.1, 0.15) is 31.2 Å². The van der Waals surface area contributed by atoms with Crippen molar-refractivity contribution in [3.05, 3.63) is 35.9 Å². The van der Waals surface area contributed by atoms with Gasteiger partial charge < -0.3 is 10.6 Å². The number of amides is 2. The van der Waals surface area contributed by atoms with Crippen molar-refractivity contribution in [1.29, 1.82) is 0 Å². The van der Waals surface area contributed by atoms with E-state index in [1.165, 1.54) is 16.9 Å². The lowest BCUT2D eigenvalue weighted by Gasteiger charge is -2.02. The summed E-state index contributed by atoms with van der Waals surface area (Å²) in [6, 6.07) is 10.1. The summed E-state index contributed by atoms with van der Waals surface area (Å²) in [5, 5.41) is 13.1. The average molecular weight is 369 g/mol. The smallest absolute Gasteiger partial charge is 0.229 e. The third-order valence-corrected chi connectivity index (χ3v) is 5.24. The molecule has 7 nitrogen and oxygen atoms in total. The minimum absolute atomic E-state index is 0.0147. The summed E-state index contributed by atoms with van der Waals surface area (Å²) >= 11 is 1.32. The first kappa shape index (κ1) is 16.7. The monoisotopic (exact) mass is 369 g/mol. The SMILES string of the molecule is O=C(CCCc1ccccc1)Nc1n[nH]c2nc(NC(=O)C3CC3)sc12. The van der Waals surface area contributed by atoms with Crippen molar-refractivity contribution < 1.29 is 9.59 Å². The Balaban J connectivity index is 1.33. The zero-order valence-corrected chi connectivity index (χ0v) is 14.9. The van der Waals surface area contributed by atoms with Gasteiger partial charge in [-0.1, -0.05) is 41.7 Å². The minimum atomic E-state index is -0.0775. The first-order valence-electron chi connectivity index (χ1n) is 8.68. The molecular formula is C18H19N5O2S. The van der Waals surface area contributed by atoms with Crippen molar-refractivity contribution in [2.45, 2.75) is 32.1 Å². The number of anilines is 2. The van der Waals surface area contributed by atoms with Crippen LogP contribution < -0.4 is 10.6 Å². The van der Waals surface area contributed by atoms with Crippen LogP contribution in [0.25, 0.3) is 10.3 Å². The number of carbonyl (C=O) groups excluding carboxylic acids is 2. The largest absolute Gasteiger partial charge is 0.308 e. The molecule has 0 aliphatic heterocycles. The van der Waals surface area contributed by atoms with Crippen LogP contribution in [-0.4, -0.2) is 27.0 Å². The maximum Gasteiger partial charge on any atom is 0.229 e. The molecule has 1 aliphatic rings. The Bertz CT molecular complexity index is 930. The molecular weight excluding hydrogens is 350 g/mol. The van der Waals surface area contributed by atoms with E-state index >= 15 is 0 Å². The number of benzene rings is 1. The molecule has 2 amide bonds. The highest BCUT2D eigenvalue weighted by molar-refractivity contribution is 7.22. The number of hydrogen-bond acceptors (Lipinski definition) is 5. The topological polar surface area (TPSA) is 99.8 Å². The molecule has 0 bridgehead atoms. The predicted octanol–water partition coefficient (Wildman–Crippen LogP) is 3.33. The first-order valence-corrected chi connectivity index (χ1v) is 9.50. The fourth-order valence-corrected chi connectivity index (χ4v) is 3.56. The maximum absolute atomic E-state index is 12.2. The van der Waals surface area contributed by atoms with E-state index in [9.17, 15) is 9.59 Å². The second kappa shape index (κ2) is 7.25. The van der Waals surface area contributed by atoms with Gasteiger partial charge in [0.2, 0.25) is 11.8 Å². The van der Waals surface area contributed by atoms with Gasteiger partial charge in [-0.3, -0.25) is 14.7 Å². The average Bonchev–Trinajstić information content (AvgIpc) is 3.33. The van der Waals surface area contributed by atoms with Crippen molar-refractivity contribution in [3.8, 4) is 0 Å². The van der Waals surface area contributed by atoms with Crippen molar-refractivity contribution in [2.75, 3.05) is 10.6 Å². The summed E-state index contributed by atoms with van der Waals surface area (Å²) in [5.74, 6) is 0.528. The lowest BCUT2D eigenvalue weighted by Crippen LogP contribution is -2.13. The molecule has 2 aromatic heterocycles. The second-order valence-electron chi connectivity index (χ2n) is 6.42. The summed E-state index contributed by atoms with van der Waals surface area (Å²) in [6.07, 6.45) is 3.95. The van der Waals surface area contributed by atoms with Gasteiger partial charge in [-0.05, 0) is 31.2 Å². The zero-order chi connectivity index (χ0) is 17.9. The highest BCUT2D eigenvalue weighted by Gasteiger charge is 2.30. The van der Waals surface area contributed by atoms with Crippen molar-refractivity contribution in [3.63, 3.8) is 0 Å². The molecule has 4 rings (SSSR count). The van der Waals surface area contributed by atoms with Crippen molar-refractivity contribution in [1.82, 2.24) is 15.2 Å². The number of aromatic nitrogens is 3. The standard InChI is InChI=1S/C18H19N5O2S/c24-13(8-4-7-11-5-2-1-3-6-11)19-15-14-16(23-22-15)20-18(26-14)21-17(25)12-9-10-12/h1-3,5-6,12H,4,7-10H2,(H3,19,20,21,22,23,24,25). The second-order valence-corrected chi connectivity index (χ2v) is 7.42. The fraction of sp³-hybridized carbons (Fsp3) is 0.333. The van der Waals surface area contributed by atoms with Gasteiger partial charge in [-0.2, -0.15) is 5.10 Å². The number of fused-ring (bicyclic) bond motifs is 1. The number of aryl methyl sites for hydroxylation is 1. The number of H-pyrrole nitrogens is 1. The number of carbonyl (C=O) groups is 2. The van der Waals surface area contributed by atoms with Crippen LogP contribution in [-0.2, 0) is 16.0 Å². The maximum atomic E-state index is 12.2. The number of nitrogens with zero attached hydrogens (tertiary/aromatic N) is 2. The molecule has 0 radical (unpaired) electrons. The fourth-order valence-electron chi connectivity index (χ4n) is 2.70. The molecule has 0 unspecified atom stereocenters. The first-order chi connectivity index (χ1) is 12.7. The van der Waals surface area contributed by atoms with E-state index in [0.29, 0.717) is 23.0 Å². The Morgan fingerprint density at radius 1 is 1.19 bits per heavy atom. The third kappa shape index (κ3) is 3.91. The molecule has 2 heterocycles. The molecule has 8 heteroatoms. The Morgan fingerprint density at radius 2 is 2.00 bits per heavy atom. The van der Waals surface area contributed by atoms with Gasteiger partial charge in [0.1, 0.15) is 4.70 Å². The molecule has 3 N–H and O–H groups in total. The highest BCUT2D eigenvalue weighted by Crippen LogP contribution is 2.33. The Labute approximate surface area is 154 Å². The van der Waals surface area contributed by atoms with E-state index in [4.69, 9.17) is 0 Å². The lowest BCUT2D eigenvalue weighted by molar-refractivity contribution is -0.117. The molecule has 0 atom stereocenters. The summed E-state index contributed by atoms with van der Waals surface area (Å²) in [4.78, 5) is 28.3. The minimum Gasteiger partial charge on any atom is -0.308 e. The van der Waals surface area contributed by atoms with E-state index in [2.05, 4.69) is 37.9 Å². The summed E-state index contributed by atoms with van der Waals surface area (Å²) in [6.45, 7) is 0. The molecule has 1 aromatic carbocycles. The molecule has 26 heavy (non-hydrogen) atoms. The van der Waals surface area contributed by atoms with Crippen LogP contribution in [0, 0.1) is 5.92 Å². The van der Waals surface area contributed by atoms with Gasteiger partial charge in [-0.25, -0.2) is 4.98 Å². The van der Waals surface area contributed by atoms with E-state index in [-0.39, 0.29) is 17.7 Å². The highest BCUT2D eigenvalue weighted by atomic mass is 32.1. The summed E-state index contributed by atoms with van der Waals surface area (Å²) in [5.41, 5.74) is 1.79. The molecule has 1 aliphatic carbocycles. The van der Waals surface area contributed by atoms with Gasteiger partial charge >= 0.3 is 0 Å². The van der Waals surface area contributed by atoms with Crippen LogP contribution in [0.4, 0.5) is 10.9 Å². The quantitative estimate of drug-likeness (QED) is 0.595. The van der Waals surface area contributed by atoms with Crippen LogP contribution in [0.5, 0.6) is 0 Å². The van der Waals surface area contributed by atoms with Crippen LogP contribution in [0.2, 0.25) is 0 Å². The van der Waals surface area contributed by atoms with Gasteiger partial charge in [0.05, 0.1) is 0 Å². The molecule has 0 spiro atoms. The van der Waals surface area contributed by atoms with Crippen molar-refractivity contribution in [2.24, 2.45) is 5.92 Å². The lowest BCUT2D eigenvalue weighted by atomic mass is 10.1. The van der Waals surface area contributed by atoms with Crippen LogP contribution in [0.15, 0.2) is 30.3 Å².